The summed E-state index contributed by atoms with van der Waals surface area (Å²) in [6.45, 7) is 0. The fourth-order valence-electron chi connectivity index (χ4n) is 3.24. The van der Waals surface area contributed by atoms with Crippen molar-refractivity contribution in [2.45, 2.75) is 12.1 Å². The molecule has 15 heteroatoms. The second kappa shape index (κ2) is 8.66. The number of hydrogen-bond donors (Lipinski definition) is 1. The van der Waals surface area contributed by atoms with E-state index >= 15 is 0 Å². The maximum absolute atomic E-state index is 14.5. The van der Waals surface area contributed by atoms with Crippen LogP contribution in [0, 0.1) is 5.82 Å². The van der Waals surface area contributed by atoms with Crippen molar-refractivity contribution in [1.29, 1.82) is 0 Å². The SMILES string of the molecule is COC(=O)c1nn(C)cc1NC(=O)c1cc2nc(-c3ccc(F)cc3)cc(C(F)(F)C(F)(F)F)n2n1. The Balaban J connectivity index is 1.83. The Labute approximate surface area is 197 Å². The van der Waals surface area contributed by atoms with Gasteiger partial charge in [-0.25, -0.2) is 18.7 Å². The maximum atomic E-state index is 14.5. The van der Waals surface area contributed by atoms with Gasteiger partial charge in [0.05, 0.1) is 18.5 Å². The summed E-state index contributed by atoms with van der Waals surface area (Å²) >= 11 is 0. The van der Waals surface area contributed by atoms with Crippen LogP contribution in [0.25, 0.3) is 16.9 Å². The smallest absolute Gasteiger partial charge is 0.459 e. The Morgan fingerprint density at radius 3 is 2.31 bits per heavy atom. The molecule has 0 saturated carbocycles. The third-order valence-electron chi connectivity index (χ3n) is 4.93. The van der Waals surface area contributed by atoms with Crippen LogP contribution in [0.15, 0.2) is 42.6 Å². The van der Waals surface area contributed by atoms with E-state index in [1.165, 1.54) is 17.9 Å². The minimum absolute atomic E-state index is 0.0448. The first kappa shape index (κ1) is 24.7. The molecule has 9 nitrogen and oxygen atoms in total. The lowest BCUT2D eigenvalue weighted by Gasteiger charge is -2.21. The molecule has 1 N–H and O–H groups in total. The molecule has 0 atom stereocenters. The van der Waals surface area contributed by atoms with E-state index in [9.17, 15) is 35.9 Å². The molecule has 3 heterocycles. The molecule has 0 spiro atoms. The number of benzene rings is 1. The third-order valence-corrected chi connectivity index (χ3v) is 4.93. The number of ether oxygens (including phenoxy) is 1. The van der Waals surface area contributed by atoms with Crippen molar-refractivity contribution in [2.24, 2.45) is 7.05 Å². The summed E-state index contributed by atoms with van der Waals surface area (Å²) in [7, 11) is 2.52. The van der Waals surface area contributed by atoms with Crippen LogP contribution in [0.4, 0.5) is 32.0 Å². The Morgan fingerprint density at radius 2 is 1.69 bits per heavy atom. The van der Waals surface area contributed by atoms with Crippen LogP contribution in [0.5, 0.6) is 0 Å². The summed E-state index contributed by atoms with van der Waals surface area (Å²) in [5.74, 6) is -7.99. The predicted octanol–water partition coefficient (Wildman–Crippen LogP) is 3.96. The van der Waals surface area contributed by atoms with Crippen molar-refractivity contribution in [3.8, 4) is 11.3 Å². The number of aromatic nitrogens is 5. The van der Waals surface area contributed by atoms with Crippen molar-refractivity contribution in [3.05, 3.63) is 65.5 Å². The quantitative estimate of drug-likeness (QED) is 0.321. The van der Waals surface area contributed by atoms with Gasteiger partial charge >= 0.3 is 18.1 Å². The molecule has 0 bridgehead atoms. The molecule has 0 saturated heterocycles. The second-order valence-corrected chi connectivity index (χ2v) is 7.42. The van der Waals surface area contributed by atoms with Crippen LogP contribution in [-0.4, -0.2) is 49.5 Å². The lowest BCUT2D eigenvalue weighted by Crippen LogP contribution is -2.36. The number of nitrogens with zero attached hydrogens (tertiary/aromatic N) is 5. The highest BCUT2D eigenvalue weighted by Crippen LogP contribution is 2.44. The van der Waals surface area contributed by atoms with Gasteiger partial charge in [0.25, 0.3) is 5.91 Å². The Kier molecular flexibility index (Phi) is 5.94. The Hall–Kier alpha value is -4.43. The standard InChI is InChI=1S/C21H14F6N6O3/c1-32-9-14(17(31-32)19(35)36-2)29-18(34)13-8-16-28-12(10-3-5-11(22)6-4-10)7-15(33(16)30-13)20(23,24)21(25,26)27/h3-9H,1-2H3,(H,29,34). The fraction of sp³-hybridized carbons (Fsp3) is 0.190. The highest BCUT2D eigenvalue weighted by Gasteiger charge is 2.60. The second-order valence-electron chi connectivity index (χ2n) is 7.42. The van der Waals surface area contributed by atoms with Gasteiger partial charge < -0.3 is 10.1 Å². The van der Waals surface area contributed by atoms with Gasteiger partial charge in [-0.3, -0.25) is 9.48 Å². The molecule has 4 aromatic rings. The molecule has 0 unspecified atom stereocenters. The minimum atomic E-state index is -6.00. The zero-order valence-electron chi connectivity index (χ0n) is 18.3. The number of methoxy groups -OCH3 is 1. The van der Waals surface area contributed by atoms with Crippen molar-refractivity contribution >= 4 is 23.2 Å². The lowest BCUT2D eigenvalue weighted by molar-refractivity contribution is -0.291. The van der Waals surface area contributed by atoms with Gasteiger partial charge in [-0.1, -0.05) is 0 Å². The molecule has 0 radical (unpaired) electrons. The number of halogens is 6. The number of carbonyl (C=O) groups excluding carboxylic acids is 2. The summed E-state index contributed by atoms with van der Waals surface area (Å²) < 4.78 is 87.9. The van der Waals surface area contributed by atoms with Gasteiger partial charge in [0.15, 0.2) is 17.0 Å². The average Bonchev–Trinajstić information content (AvgIpc) is 3.40. The Bertz CT molecular complexity index is 1480. The highest BCUT2D eigenvalue weighted by molar-refractivity contribution is 6.06. The summed E-state index contributed by atoms with van der Waals surface area (Å²) in [6, 6.07) is 5.58. The van der Waals surface area contributed by atoms with Crippen LogP contribution in [0.2, 0.25) is 0 Å². The number of alkyl halides is 5. The molecular weight excluding hydrogens is 498 g/mol. The zero-order valence-corrected chi connectivity index (χ0v) is 18.3. The van der Waals surface area contributed by atoms with Crippen LogP contribution >= 0.6 is 0 Å². The first-order valence-electron chi connectivity index (χ1n) is 9.87. The molecule has 0 fully saturated rings. The van der Waals surface area contributed by atoms with Crippen LogP contribution in [0.3, 0.4) is 0 Å². The van der Waals surface area contributed by atoms with Crippen molar-refractivity contribution in [1.82, 2.24) is 24.4 Å². The van der Waals surface area contributed by atoms with Gasteiger partial charge in [-0.15, -0.1) is 0 Å². The van der Waals surface area contributed by atoms with Gasteiger partial charge in [0, 0.05) is 24.9 Å². The molecule has 1 amide bonds. The molecule has 1 aromatic carbocycles. The Morgan fingerprint density at radius 1 is 1.03 bits per heavy atom. The molecular formula is C21H14F6N6O3. The summed E-state index contributed by atoms with van der Waals surface area (Å²) in [6.07, 6.45) is -4.76. The maximum Gasteiger partial charge on any atom is 0.459 e. The third kappa shape index (κ3) is 4.34. The van der Waals surface area contributed by atoms with Gasteiger partial charge in [0.2, 0.25) is 0 Å². The number of anilines is 1. The van der Waals surface area contributed by atoms with E-state index in [1.54, 1.807) is 0 Å². The number of rotatable bonds is 5. The predicted molar refractivity (Wildman–Crippen MR) is 111 cm³/mol. The van der Waals surface area contributed by atoms with Gasteiger partial charge in [0.1, 0.15) is 11.5 Å². The highest BCUT2D eigenvalue weighted by atomic mass is 19.4. The zero-order chi connectivity index (χ0) is 26.4. The average molecular weight is 512 g/mol. The summed E-state index contributed by atoms with van der Waals surface area (Å²) in [5, 5.41) is 9.72. The molecule has 0 aliphatic heterocycles. The number of esters is 1. The topological polar surface area (TPSA) is 103 Å². The lowest BCUT2D eigenvalue weighted by atomic mass is 10.1. The van der Waals surface area contributed by atoms with E-state index in [1.807, 2.05) is 0 Å². The molecule has 0 aliphatic carbocycles. The van der Waals surface area contributed by atoms with Crippen molar-refractivity contribution < 1.29 is 40.7 Å². The number of hydrogen-bond acceptors (Lipinski definition) is 6. The van der Waals surface area contributed by atoms with Gasteiger partial charge in [-0.05, 0) is 30.3 Å². The van der Waals surface area contributed by atoms with Crippen molar-refractivity contribution in [2.75, 3.05) is 12.4 Å². The summed E-state index contributed by atoms with van der Waals surface area (Å²) in [4.78, 5) is 28.6. The number of amides is 1. The fourth-order valence-corrected chi connectivity index (χ4v) is 3.24. The molecule has 4 rings (SSSR count). The van der Waals surface area contributed by atoms with Crippen molar-refractivity contribution in [3.63, 3.8) is 0 Å². The largest absolute Gasteiger partial charge is 0.464 e. The molecule has 3 aromatic heterocycles. The monoisotopic (exact) mass is 512 g/mol. The number of nitrogens with one attached hydrogen (secondary N) is 1. The van der Waals surface area contributed by atoms with E-state index in [0.29, 0.717) is 6.07 Å². The first-order chi connectivity index (χ1) is 16.8. The number of fused-ring (bicyclic) bond motifs is 1. The molecule has 0 aliphatic rings. The van der Waals surface area contributed by atoms with Crippen LogP contribution in [-0.2, 0) is 17.7 Å². The normalized spacial score (nSPS) is 12.1. The van der Waals surface area contributed by atoms with E-state index in [-0.39, 0.29) is 27.2 Å². The van der Waals surface area contributed by atoms with E-state index in [2.05, 4.69) is 25.2 Å². The van der Waals surface area contributed by atoms with E-state index in [0.717, 1.165) is 37.4 Å². The first-order valence-corrected chi connectivity index (χ1v) is 9.87. The number of carbonyl (C=O) groups is 2. The van der Waals surface area contributed by atoms with Crippen LogP contribution < -0.4 is 5.32 Å². The van der Waals surface area contributed by atoms with E-state index in [4.69, 9.17) is 0 Å². The molecule has 36 heavy (non-hydrogen) atoms. The van der Waals surface area contributed by atoms with Gasteiger partial charge in [-0.2, -0.15) is 32.1 Å². The number of aryl methyl sites for hydroxylation is 1. The minimum Gasteiger partial charge on any atom is -0.464 e. The van der Waals surface area contributed by atoms with Crippen LogP contribution in [0.1, 0.15) is 26.7 Å². The van der Waals surface area contributed by atoms with E-state index < -0.39 is 46.8 Å². The summed E-state index contributed by atoms with van der Waals surface area (Å²) in [5.41, 5.74) is -3.41. The molecule has 188 valence electrons.